The first-order chi connectivity index (χ1) is 13.9. The minimum absolute atomic E-state index is 0.140. The molecule has 2 aromatic carbocycles. The second kappa shape index (κ2) is 8.06. The smallest absolute Gasteiger partial charge is 0.335 e. The maximum atomic E-state index is 11.1. The third-order valence-electron chi connectivity index (χ3n) is 7.44. The van der Waals surface area contributed by atoms with Crippen LogP contribution in [0.2, 0.25) is 0 Å². The maximum absolute atomic E-state index is 11.1. The summed E-state index contributed by atoms with van der Waals surface area (Å²) in [7, 11) is 0. The lowest BCUT2D eigenvalue weighted by atomic mass is 9.71. The molecule has 1 aliphatic carbocycles. The predicted octanol–water partition coefficient (Wildman–Crippen LogP) is 7.35. The molecule has 2 heteroatoms. The Morgan fingerprint density at radius 1 is 1.00 bits per heavy atom. The molecule has 1 N–H and O–H groups in total. The molecule has 0 saturated carbocycles. The van der Waals surface area contributed by atoms with E-state index in [1.54, 1.807) is 12.1 Å². The van der Waals surface area contributed by atoms with Crippen molar-refractivity contribution in [2.75, 3.05) is 0 Å². The van der Waals surface area contributed by atoms with Gasteiger partial charge in [0.1, 0.15) is 0 Å². The molecule has 0 saturated heterocycles. The van der Waals surface area contributed by atoms with Gasteiger partial charge in [0.05, 0.1) is 5.56 Å². The van der Waals surface area contributed by atoms with Crippen LogP contribution in [-0.4, -0.2) is 11.1 Å². The Morgan fingerprint density at radius 2 is 1.57 bits per heavy atom. The summed E-state index contributed by atoms with van der Waals surface area (Å²) in [5.41, 5.74) is 7.31. The highest BCUT2D eigenvalue weighted by Crippen LogP contribution is 2.54. The van der Waals surface area contributed by atoms with Crippen molar-refractivity contribution in [2.45, 2.75) is 72.1 Å². The number of carboxylic acids is 1. The van der Waals surface area contributed by atoms with E-state index in [2.05, 4.69) is 72.8 Å². The third kappa shape index (κ3) is 4.10. The number of hydrogen-bond donors (Lipinski definition) is 1. The molecule has 30 heavy (non-hydrogen) atoms. The van der Waals surface area contributed by atoms with E-state index >= 15 is 0 Å². The van der Waals surface area contributed by atoms with E-state index in [0.29, 0.717) is 17.4 Å². The molecule has 3 rings (SSSR count). The number of aromatic carboxylic acids is 1. The van der Waals surface area contributed by atoms with Crippen LogP contribution in [0.1, 0.15) is 93.1 Å². The van der Waals surface area contributed by atoms with E-state index in [1.807, 2.05) is 12.1 Å². The normalized spacial score (nSPS) is 19.4. The van der Waals surface area contributed by atoms with E-state index in [-0.39, 0.29) is 10.8 Å². The zero-order chi connectivity index (χ0) is 22.3. The van der Waals surface area contributed by atoms with Gasteiger partial charge in [0.15, 0.2) is 0 Å². The Labute approximate surface area is 182 Å². The average Bonchev–Trinajstić information content (AvgIpc) is 2.81. The Bertz CT molecular complexity index is 959. The molecule has 0 radical (unpaired) electrons. The lowest BCUT2D eigenvalue weighted by molar-refractivity contribution is 0.0697. The summed E-state index contributed by atoms with van der Waals surface area (Å²) in [5.74, 6) is 0.349. The summed E-state index contributed by atoms with van der Waals surface area (Å²) < 4.78 is 0. The zero-order valence-corrected chi connectivity index (χ0v) is 19.5. The minimum atomic E-state index is -0.890. The third-order valence-corrected chi connectivity index (χ3v) is 7.44. The van der Waals surface area contributed by atoms with Crippen molar-refractivity contribution in [3.63, 3.8) is 0 Å². The van der Waals surface area contributed by atoms with Gasteiger partial charge in [-0.3, -0.25) is 0 Å². The van der Waals surface area contributed by atoms with Gasteiger partial charge in [0, 0.05) is 0 Å². The molecule has 1 aliphatic rings. The molecular formula is C28H36O2. The Kier molecular flexibility index (Phi) is 6.00. The summed E-state index contributed by atoms with van der Waals surface area (Å²) in [6, 6.07) is 12.0. The molecular weight excluding hydrogens is 368 g/mol. The van der Waals surface area contributed by atoms with Crippen molar-refractivity contribution in [2.24, 2.45) is 11.8 Å². The second-order valence-corrected chi connectivity index (χ2v) is 10.5. The van der Waals surface area contributed by atoms with Crippen LogP contribution in [0.15, 0.2) is 36.4 Å². The van der Waals surface area contributed by atoms with Crippen LogP contribution in [0, 0.1) is 11.8 Å². The van der Waals surface area contributed by atoms with Crippen LogP contribution in [0.5, 0.6) is 0 Å². The van der Waals surface area contributed by atoms with Crippen molar-refractivity contribution in [3.05, 3.63) is 69.8 Å². The van der Waals surface area contributed by atoms with Crippen LogP contribution < -0.4 is 0 Å². The monoisotopic (exact) mass is 404 g/mol. The summed E-state index contributed by atoms with van der Waals surface area (Å²) in [5, 5.41) is 9.11. The number of hydrogen-bond acceptors (Lipinski definition) is 1. The molecule has 1 atom stereocenters. The van der Waals surface area contributed by atoms with Crippen LogP contribution >= 0.6 is 0 Å². The van der Waals surface area contributed by atoms with Gasteiger partial charge in [-0.15, -0.1) is 0 Å². The van der Waals surface area contributed by atoms with Crippen molar-refractivity contribution >= 4 is 18.1 Å². The van der Waals surface area contributed by atoms with E-state index in [4.69, 9.17) is 5.11 Å². The first-order valence-electron chi connectivity index (χ1n) is 11.1. The van der Waals surface area contributed by atoms with Crippen LogP contribution in [0.3, 0.4) is 0 Å². The van der Waals surface area contributed by atoms with Gasteiger partial charge in [-0.1, -0.05) is 84.9 Å². The quantitative estimate of drug-likeness (QED) is 0.511. The van der Waals surface area contributed by atoms with E-state index in [1.165, 1.54) is 28.7 Å². The SMILES string of the molecule is CC(C)CCc1cc2c(cc1/C=C/c1ccc(C(=O)O)cc1)C(C)(C)C(C)C2(C)C. The first kappa shape index (κ1) is 22.3. The highest BCUT2D eigenvalue weighted by molar-refractivity contribution is 5.88. The van der Waals surface area contributed by atoms with Gasteiger partial charge in [-0.05, 0) is 75.5 Å². The Morgan fingerprint density at radius 3 is 2.10 bits per heavy atom. The minimum Gasteiger partial charge on any atom is -0.478 e. The Balaban J connectivity index is 2.04. The van der Waals surface area contributed by atoms with Crippen molar-refractivity contribution in [1.29, 1.82) is 0 Å². The van der Waals surface area contributed by atoms with E-state index in [0.717, 1.165) is 12.0 Å². The fourth-order valence-electron chi connectivity index (χ4n) is 4.83. The molecule has 2 nitrogen and oxygen atoms in total. The van der Waals surface area contributed by atoms with E-state index in [9.17, 15) is 4.79 Å². The highest BCUT2D eigenvalue weighted by atomic mass is 16.4. The van der Waals surface area contributed by atoms with Gasteiger partial charge in [-0.25, -0.2) is 4.79 Å². The lowest BCUT2D eigenvalue weighted by Gasteiger charge is -2.32. The van der Waals surface area contributed by atoms with Crippen LogP contribution in [0.25, 0.3) is 12.2 Å². The van der Waals surface area contributed by atoms with Gasteiger partial charge < -0.3 is 5.11 Å². The number of carbonyl (C=O) groups is 1. The molecule has 0 aliphatic heterocycles. The molecule has 0 aromatic heterocycles. The molecule has 1 unspecified atom stereocenters. The standard InChI is InChI=1S/C28H36O2/c1-18(2)8-12-22-16-24-25(28(6,7)19(3)27(24,4)5)17-23(22)15-11-20-9-13-21(14-10-20)26(29)30/h9-11,13-19H,8,12H2,1-7H3,(H,29,30)/b15-11+. The van der Waals surface area contributed by atoms with Crippen LogP contribution in [0.4, 0.5) is 0 Å². The second-order valence-electron chi connectivity index (χ2n) is 10.5. The topological polar surface area (TPSA) is 37.3 Å². The van der Waals surface area contributed by atoms with Crippen LogP contribution in [-0.2, 0) is 17.3 Å². The predicted molar refractivity (Wildman–Crippen MR) is 127 cm³/mol. The van der Waals surface area contributed by atoms with Gasteiger partial charge in [-0.2, -0.15) is 0 Å². The summed E-state index contributed by atoms with van der Waals surface area (Å²) in [6.45, 7) is 16.5. The highest BCUT2D eigenvalue weighted by Gasteiger charge is 2.48. The number of carboxylic acid groups (broad SMARTS) is 1. The molecule has 0 spiro atoms. The Hall–Kier alpha value is -2.35. The molecule has 2 aromatic rings. The average molecular weight is 405 g/mol. The largest absolute Gasteiger partial charge is 0.478 e. The molecule has 160 valence electrons. The zero-order valence-electron chi connectivity index (χ0n) is 19.5. The first-order valence-corrected chi connectivity index (χ1v) is 11.1. The van der Waals surface area contributed by atoms with Crippen molar-refractivity contribution in [3.8, 4) is 0 Å². The van der Waals surface area contributed by atoms with Gasteiger partial charge in [0.2, 0.25) is 0 Å². The number of benzene rings is 2. The molecule has 0 heterocycles. The van der Waals surface area contributed by atoms with Gasteiger partial charge in [0.25, 0.3) is 0 Å². The number of fused-ring (bicyclic) bond motifs is 1. The van der Waals surface area contributed by atoms with E-state index < -0.39 is 5.97 Å². The maximum Gasteiger partial charge on any atom is 0.335 e. The fourth-order valence-corrected chi connectivity index (χ4v) is 4.83. The summed E-state index contributed by atoms with van der Waals surface area (Å²) in [4.78, 5) is 11.1. The molecule has 0 fully saturated rings. The lowest BCUT2D eigenvalue weighted by Crippen LogP contribution is -2.30. The fraction of sp³-hybridized carbons (Fsp3) is 0.464. The van der Waals surface area contributed by atoms with Crippen molar-refractivity contribution < 1.29 is 9.90 Å². The number of aryl methyl sites for hydroxylation is 1. The summed E-state index contributed by atoms with van der Waals surface area (Å²) >= 11 is 0. The molecule has 0 bridgehead atoms. The summed E-state index contributed by atoms with van der Waals surface area (Å²) in [6.07, 6.45) is 6.56. The van der Waals surface area contributed by atoms with Crippen molar-refractivity contribution in [1.82, 2.24) is 0 Å². The number of rotatable bonds is 6. The molecule has 0 amide bonds. The van der Waals surface area contributed by atoms with Gasteiger partial charge >= 0.3 is 5.97 Å².